The largest absolute Gasteiger partial charge is 0.391 e. The van der Waals surface area contributed by atoms with Crippen LogP contribution in [-0.2, 0) is 0 Å². The van der Waals surface area contributed by atoms with Crippen LogP contribution in [0.1, 0.15) is 46.0 Å². The van der Waals surface area contributed by atoms with Crippen molar-refractivity contribution in [3.8, 4) is 0 Å². The van der Waals surface area contributed by atoms with Crippen LogP contribution in [0.2, 0.25) is 0 Å². The number of alkyl halides is 3. The van der Waals surface area contributed by atoms with Gasteiger partial charge in [-0.15, -0.1) is 0 Å². The smallest absolute Gasteiger partial charge is 0.327 e. The summed E-state index contributed by atoms with van der Waals surface area (Å²) >= 11 is 0. The van der Waals surface area contributed by atoms with Crippen molar-refractivity contribution in [2.24, 2.45) is 23.5 Å². The lowest BCUT2D eigenvalue weighted by atomic mass is 9.77. The molecule has 0 aliphatic heterocycles. The van der Waals surface area contributed by atoms with Gasteiger partial charge >= 0.3 is 6.18 Å². The van der Waals surface area contributed by atoms with Gasteiger partial charge in [-0.3, -0.25) is 0 Å². The lowest BCUT2D eigenvalue weighted by Gasteiger charge is -2.33. The van der Waals surface area contributed by atoms with Gasteiger partial charge in [0, 0.05) is 6.04 Å². The number of rotatable bonds is 3. The van der Waals surface area contributed by atoms with Crippen molar-refractivity contribution in [2.75, 3.05) is 0 Å². The number of hydrogen-bond donors (Lipinski definition) is 1. The molecule has 0 saturated heterocycles. The highest BCUT2D eigenvalue weighted by Crippen LogP contribution is 2.40. The van der Waals surface area contributed by atoms with Crippen LogP contribution in [0.3, 0.4) is 0 Å². The highest BCUT2D eigenvalue weighted by atomic mass is 19.4. The Morgan fingerprint density at radius 2 is 1.62 bits per heavy atom. The Kier molecular flexibility index (Phi) is 4.65. The number of nitrogens with two attached hydrogens (primary N) is 1. The molecule has 1 nitrogen and oxygen atoms in total. The third kappa shape index (κ3) is 3.96. The van der Waals surface area contributed by atoms with E-state index in [4.69, 9.17) is 5.73 Å². The second kappa shape index (κ2) is 5.39. The summed E-state index contributed by atoms with van der Waals surface area (Å²) in [5, 5.41) is 0. The molecule has 0 radical (unpaired) electrons. The highest BCUT2D eigenvalue weighted by Gasteiger charge is 2.42. The average Bonchev–Trinajstić information content (AvgIpc) is 2.15. The van der Waals surface area contributed by atoms with Crippen molar-refractivity contribution in [3.63, 3.8) is 0 Å². The van der Waals surface area contributed by atoms with Gasteiger partial charge in [0.2, 0.25) is 0 Å². The molecule has 96 valence electrons. The van der Waals surface area contributed by atoms with Gasteiger partial charge in [0.1, 0.15) is 0 Å². The molecule has 1 rings (SSSR count). The molecular weight excluding hydrogens is 215 g/mol. The molecule has 1 unspecified atom stereocenters. The van der Waals surface area contributed by atoms with Gasteiger partial charge in [-0.25, -0.2) is 0 Å². The standard InChI is InChI=1S/C12H22F3N/c1-8(2)7-11(16)9-3-5-10(6-4-9)12(13,14)15/h8-11H,3-7,16H2,1-2H3. The molecule has 0 aromatic rings. The van der Waals surface area contributed by atoms with E-state index in [0.29, 0.717) is 24.7 Å². The fourth-order valence-corrected chi connectivity index (χ4v) is 2.61. The van der Waals surface area contributed by atoms with Crippen LogP contribution in [0.5, 0.6) is 0 Å². The van der Waals surface area contributed by atoms with Crippen LogP contribution in [0, 0.1) is 17.8 Å². The van der Waals surface area contributed by atoms with E-state index in [-0.39, 0.29) is 18.9 Å². The molecule has 0 amide bonds. The summed E-state index contributed by atoms with van der Waals surface area (Å²) < 4.78 is 37.3. The molecule has 1 fully saturated rings. The SMILES string of the molecule is CC(C)CC(N)C1CCC(C(F)(F)F)CC1. The van der Waals surface area contributed by atoms with Crippen LogP contribution < -0.4 is 5.73 Å². The normalized spacial score (nSPS) is 29.4. The summed E-state index contributed by atoms with van der Waals surface area (Å²) in [6.07, 6.45) is -1.29. The average molecular weight is 237 g/mol. The monoisotopic (exact) mass is 237 g/mol. The maximum Gasteiger partial charge on any atom is 0.391 e. The third-order valence-electron chi connectivity index (χ3n) is 3.58. The summed E-state index contributed by atoms with van der Waals surface area (Å²) in [5.74, 6) is -0.272. The Hall–Kier alpha value is -0.250. The zero-order valence-electron chi connectivity index (χ0n) is 10.1. The van der Waals surface area contributed by atoms with Gasteiger partial charge < -0.3 is 5.73 Å². The van der Waals surface area contributed by atoms with Crippen LogP contribution in [0.15, 0.2) is 0 Å². The topological polar surface area (TPSA) is 26.0 Å². The second-order valence-corrected chi connectivity index (χ2v) is 5.45. The zero-order valence-corrected chi connectivity index (χ0v) is 10.1. The first-order valence-corrected chi connectivity index (χ1v) is 6.13. The second-order valence-electron chi connectivity index (χ2n) is 5.45. The highest BCUT2D eigenvalue weighted by molar-refractivity contribution is 4.82. The van der Waals surface area contributed by atoms with Gasteiger partial charge in [-0.2, -0.15) is 13.2 Å². The van der Waals surface area contributed by atoms with Gasteiger partial charge in [0.25, 0.3) is 0 Å². The van der Waals surface area contributed by atoms with E-state index < -0.39 is 12.1 Å². The van der Waals surface area contributed by atoms with Crippen LogP contribution in [-0.4, -0.2) is 12.2 Å². The van der Waals surface area contributed by atoms with Crippen molar-refractivity contribution >= 4 is 0 Å². The fourth-order valence-electron chi connectivity index (χ4n) is 2.61. The Balaban J connectivity index is 2.37. The summed E-state index contributed by atoms with van der Waals surface area (Å²) in [4.78, 5) is 0. The molecule has 0 heterocycles. The lowest BCUT2D eigenvalue weighted by molar-refractivity contribution is -0.184. The maximum atomic E-state index is 12.4. The minimum Gasteiger partial charge on any atom is -0.327 e. The first kappa shape index (κ1) is 13.8. The van der Waals surface area contributed by atoms with Crippen molar-refractivity contribution < 1.29 is 13.2 Å². The Morgan fingerprint density at radius 1 is 1.12 bits per heavy atom. The van der Waals surface area contributed by atoms with Crippen molar-refractivity contribution in [2.45, 2.75) is 58.2 Å². The third-order valence-corrected chi connectivity index (χ3v) is 3.58. The summed E-state index contributed by atoms with van der Waals surface area (Å²) in [5.41, 5.74) is 6.02. The molecule has 0 spiro atoms. The Bertz CT molecular complexity index is 205. The van der Waals surface area contributed by atoms with E-state index in [1.165, 1.54) is 0 Å². The molecule has 4 heteroatoms. The Morgan fingerprint density at radius 3 is 2.00 bits per heavy atom. The Labute approximate surface area is 95.6 Å². The van der Waals surface area contributed by atoms with Gasteiger partial charge in [-0.1, -0.05) is 13.8 Å². The predicted molar refractivity (Wildman–Crippen MR) is 58.9 cm³/mol. The summed E-state index contributed by atoms with van der Waals surface area (Å²) in [7, 11) is 0. The summed E-state index contributed by atoms with van der Waals surface area (Å²) in [6.45, 7) is 4.20. The van der Waals surface area contributed by atoms with Crippen LogP contribution in [0.25, 0.3) is 0 Å². The van der Waals surface area contributed by atoms with Crippen molar-refractivity contribution in [1.29, 1.82) is 0 Å². The first-order chi connectivity index (χ1) is 7.30. The molecule has 2 N–H and O–H groups in total. The molecule has 0 bridgehead atoms. The van der Waals surface area contributed by atoms with E-state index in [2.05, 4.69) is 13.8 Å². The number of hydrogen-bond acceptors (Lipinski definition) is 1. The minimum atomic E-state index is -4.01. The van der Waals surface area contributed by atoms with Crippen molar-refractivity contribution in [3.05, 3.63) is 0 Å². The quantitative estimate of drug-likeness (QED) is 0.795. The molecule has 0 aromatic carbocycles. The minimum absolute atomic E-state index is 0.0779. The molecule has 16 heavy (non-hydrogen) atoms. The lowest BCUT2D eigenvalue weighted by Crippen LogP contribution is -2.36. The van der Waals surface area contributed by atoms with E-state index in [1.807, 2.05) is 0 Å². The molecule has 1 atom stereocenters. The van der Waals surface area contributed by atoms with E-state index in [0.717, 1.165) is 6.42 Å². The van der Waals surface area contributed by atoms with Crippen LogP contribution >= 0.6 is 0 Å². The van der Waals surface area contributed by atoms with Gasteiger partial charge in [-0.05, 0) is 43.9 Å². The van der Waals surface area contributed by atoms with E-state index >= 15 is 0 Å². The maximum absolute atomic E-state index is 12.4. The molecule has 1 saturated carbocycles. The molecular formula is C12H22F3N. The molecule has 1 aliphatic rings. The van der Waals surface area contributed by atoms with Gasteiger partial charge in [0.05, 0.1) is 5.92 Å². The van der Waals surface area contributed by atoms with Gasteiger partial charge in [0.15, 0.2) is 0 Å². The predicted octanol–water partition coefficient (Wildman–Crippen LogP) is 3.73. The fraction of sp³-hybridized carbons (Fsp3) is 1.00. The van der Waals surface area contributed by atoms with E-state index in [1.54, 1.807) is 0 Å². The van der Waals surface area contributed by atoms with Crippen molar-refractivity contribution in [1.82, 2.24) is 0 Å². The summed E-state index contributed by atoms with van der Waals surface area (Å²) in [6, 6.07) is 0.0779. The first-order valence-electron chi connectivity index (χ1n) is 6.13. The van der Waals surface area contributed by atoms with Crippen LogP contribution in [0.4, 0.5) is 13.2 Å². The number of halogens is 3. The van der Waals surface area contributed by atoms with E-state index in [9.17, 15) is 13.2 Å². The molecule has 1 aliphatic carbocycles. The zero-order chi connectivity index (χ0) is 12.3. The molecule has 0 aromatic heterocycles.